The largest absolute Gasteiger partial charge is 0.361 e. The highest BCUT2D eigenvalue weighted by Gasteiger charge is 2.13. The lowest BCUT2D eigenvalue weighted by Crippen LogP contribution is -2.31. The maximum Gasteiger partial charge on any atom is 0.189 e. The van der Waals surface area contributed by atoms with Gasteiger partial charge < -0.3 is 10.4 Å². The molecule has 0 saturated carbocycles. The van der Waals surface area contributed by atoms with Gasteiger partial charge in [-0.3, -0.25) is 9.88 Å². The molecule has 0 aliphatic carbocycles. The van der Waals surface area contributed by atoms with Crippen molar-refractivity contribution in [3.63, 3.8) is 0 Å². The summed E-state index contributed by atoms with van der Waals surface area (Å²) >= 11 is 0. The van der Waals surface area contributed by atoms with Gasteiger partial charge in [0.1, 0.15) is 0 Å². The summed E-state index contributed by atoms with van der Waals surface area (Å²) in [6.07, 6.45) is 4.21. The Bertz CT molecular complexity index is 659. The summed E-state index contributed by atoms with van der Waals surface area (Å²) in [5.74, 6) is 0. The van der Waals surface area contributed by atoms with E-state index in [2.05, 4.69) is 33.8 Å². The van der Waals surface area contributed by atoms with Crippen LogP contribution in [0.15, 0.2) is 30.6 Å². The van der Waals surface area contributed by atoms with Gasteiger partial charge >= 0.3 is 0 Å². The summed E-state index contributed by atoms with van der Waals surface area (Å²) in [5, 5.41) is 16.6. The second kappa shape index (κ2) is 5.97. The van der Waals surface area contributed by atoms with E-state index in [0.717, 1.165) is 30.5 Å². The second-order valence-electron chi connectivity index (χ2n) is 5.73. The number of aliphatic hydroxyl groups excluding tert-OH is 1. The maximum absolute atomic E-state index is 10.2. The van der Waals surface area contributed by atoms with Gasteiger partial charge in [-0.05, 0) is 50.1 Å². The summed E-state index contributed by atoms with van der Waals surface area (Å²) in [6, 6.07) is 6.45. The van der Waals surface area contributed by atoms with Crippen molar-refractivity contribution in [2.24, 2.45) is 0 Å². The van der Waals surface area contributed by atoms with Crippen LogP contribution in [0.25, 0.3) is 16.6 Å². The van der Waals surface area contributed by atoms with Gasteiger partial charge in [-0.25, -0.2) is 4.98 Å². The summed E-state index contributed by atoms with van der Waals surface area (Å²) in [5.41, 5.74) is 4.44. The fourth-order valence-electron chi connectivity index (χ4n) is 2.69. The van der Waals surface area contributed by atoms with Crippen molar-refractivity contribution in [3.05, 3.63) is 36.2 Å². The lowest BCUT2D eigenvalue weighted by Gasteiger charge is -2.18. The lowest BCUT2D eigenvalue weighted by atomic mass is 10.00. The summed E-state index contributed by atoms with van der Waals surface area (Å²) in [7, 11) is 0. The number of aliphatic hydroxyl groups is 1. The Balaban J connectivity index is 1.92. The number of imidazole rings is 1. The topological polar surface area (TPSA) is 62.1 Å². The van der Waals surface area contributed by atoms with Gasteiger partial charge in [0.25, 0.3) is 0 Å². The molecular weight excluding hydrogens is 264 g/mol. The first-order valence-electron chi connectivity index (χ1n) is 7.46. The van der Waals surface area contributed by atoms with E-state index < -0.39 is 6.35 Å². The van der Waals surface area contributed by atoms with Crippen LogP contribution < -0.4 is 10.6 Å². The van der Waals surface area contributed by atoms with Gasteiger partial charge in [0, 0.05) is 12.6 Å². The lowest BCUT2D eigenvalue weighted by molar-refractivity contribution is 0.0629. The first kappa shape index (κ1) is 14.3. The second-order valence-corrected chi connectivity index (χ2v) is 5.73. The average molecular weight is 286 g/mol. The molecule has 2 heterocycles. The third-order valence-corrected chi connectivity index (χ3v) is 3.76. The zero-order valence-electron chi connectivity index (χ0n) is 12.5. The number of rotatable bonds is 4. The van der Waals surface area contributed by atoms with Crippen LogP contribution >= 0.6 is 0 Å². The van der Waals surface area contributed by atoms with Crippen LogP contribution in [0, 0.1) is 0 Å². The van der Waals surface area contributed by atoms with Crippen molar-refractivity contribution in [1.29, 1.82) is 0 Å². The Kier molecular flexibility index (Phi) is 4.05. The molecule has 1 aromatic carbocycles. The molecule has 5 nitrogen and oxygen atoms in total. The molecule has 112 valence electrons. The first-order valence-corrected chi connectivity index (χ1v) is 7.46. The molecule has 21 heavy (non-hydrogen) atoms. The Morgan fingerprint density at radius 2 is 2.24 bits per heavy atom. The Labute approximate surface area is 124 Å². The Hall–Kier alpha value is -1.69. The summed E-state index contributed by atoms with van der Waals surface area (Å²) < 4.78 is 1.76. The van der Waals surface area contributed by atoms with E-state index in [0.29, 0.717) is 0 Å². The van der Waals surface area contributed by atoms with E-state index in [1.165, 1.54) is 11.1 Å². The first-order chi connectivity index (χ1) is 10.1. The minimum atomic E-state index is -0.751. The van der Waals surface area contributed by atoms with E-state index in [1.807, 2.05) is 19.9 Å². The maximum atomic E-state index is 10.2. The number of fused-ring (bicyclic) bond motifs is 1. The molecule has 0 amide bonds. The minimum absolute atomic E-state index is 0.205. The predicted octanol–water partition coefficient (Wildman–Crippen LogP) is 1.86. The van der Waals surface area contributed by atoms with Crippen molar-refractivity contribution >= 4 is 16.6 Å². The predicted molar refractivity (Wildman–Crippen MR) is 84.7 cm³/mol. The fourth-order valence-corrected chi connectivity index (χ4v) is 2.69. The van der Waals surface area contributed by atoms with Crippen molar-refractivity contribution in [3.8, 4) is 0 Å². The third kappa shape index (κ3) is 3.00. The Morgan fingerprint density at radius 1 is 1.38 bits per heavy atom. The van der Waals surface area contributed by atoms with Gasteiger partial charge in [0.05, 0.1) is 17.4 Å². The molecule has 3 rings (SSSR count). The van der Waals surface area contributed by atoms with Gasteiger partial charge in [-0.2, -0.15) is 0 Å². The summed E-state index contributed by atoms with van der Waals surface area (Å²) in [4.78, 5) is 4.42. The van der Waals surface area contributed by atoms with E-state index in [4.69, 9.17) is 0 Å². The molecular formula is C16H22N4O. The number of hydrogen-bond acceptors (Lipinski definition) is 4. The van der Waals surface area contributed by atoms with Crippen molar-refractivity contribution in [2.45, 2.75) is 32.7 Å². The van der Waals surface area contributed by atoms with Crippen LogP contribution in [0.4, 0.5) is 0 Å². The van der Waals surface area contributed by atoms with Crippen LogP contribution in [0.3, 0.4) is 0 Å². The molecule has 0 saturated heterocycles. The quantitative estimate of drug-likeness (QED) is 0.751. The van der Waals surface area contributed by atoms with Gasteiger partial charge in [0.2, 0.25) is 0 Å². The van der Waals surface area contributed by atoms with Crippen LogP contribution in [-0.2, 0) is 0 Å². The molecule has 0 radical (unpaired) electrons. The number of aromatic nitrogens is 2. The molecule has 3 N–H and O–H groups in total. The molecule has 5 heteroatoms. The molecule has 1 aromatic heterocycles. The van der Waals surface area contributed by atoms with Crippen molar-refractivity contribution in [1.82, 2.24) is 20.2 Å². The molecule has 0 bridgehead atoms. The monoisotopic (exact) mass is 286 g/mol. The number of benzene rings is 1. The zero-order chi connectivity index (χ0) is 14.8. The fraction of sp³-hybridized carbons (Fsp3) is 0.438. The molecule has 2 aromatic rings. The highest BCUT2D eigenvalue weighted by molar-refractivity contribution is 5.81. The number of nitrogens with zero attached hydrogens (tertiary/aromatic N) is 2. The van der Waals surface area contributed by atoms with Crippen LogP contribution in [0.1, 0.15) is 32.2 Å². The van der Waals surface area contributed by atoms with Crippen LogP contribution in [0.2, 0.25) is 0 Å². The van der Waals surface area contributed by atoms with E-state index in [1.54, 1.807) is 10.9 Å². The van der Waals surface area contributed by atoms with Gasteiger partial charge in [-0.1, -0.05) is 12.1 Å². The molecule has 1 aliphatic rings. The zero-order valence-corrected chi connectivity index (χ0v) is 12.5. The molecule has 0 fully saturated rings. The molecule has 1 aliphatic heterocycles. The van der Waals surface area contributed by atoms with Crippen LogP contribution in [-0.4, -0.2) is 33.8 Å². The van der Waals surface area contributed by atoms with Crippen molar-refractivity contribution in [2.75, 3.05) is 13.1 Å². The SMILES string of the molecule is CC(C)NC(O)n1cnc2cc(C3=CCNCC3)ccc21. The van der Waals surface area contributed by atoms with E-state index in [-0.39, 0.29) is 6.04 Å². The van der Waals surface area contributed by atoms with E-state index >= 15 is 0 Å². The third-order valence-electron chi connectivity index (χ3n) is 3.76. The number of nitrogens with one attached hydrogen (secondary N) is 2. The minimum Gasteiger partial charge on any atom is -0.361 e. The molecule has 1 unspecified atom stereocenters. The van der Waals surface area contributed by atoms with Crippen LogP contribution in [0.5, 0.6) is 0 Å². The Morgan fingerprint density at radius 3 is 2.95 bits per heavy atom. The standard InChI is InChI=1S/C16H22N4O/c1-11(2)19-16(21)20-10-18-14-9-13(3-4-15(14)20)12-5-7-17-8-6-12/h3-5,9-11,16-17,19,21H,6-8H2,1-2H3. The highest BCUT2D eigenvalue weighted by atomic mass is 16.3. The smallest absolute Gasteiger partial charge is 0.189 e. The van der Waals surface area contributed by atoms with Crippen molar-refractivity contribution < 1.29 is 5.11 Å². The van der Waals surface area contributed by atoms with E-state index in [9.17, 15) is 5.11 Å². The number of hydrogen-bond donors (Lipinski definition) is 3. The normalized spacial score (nSPS) is 17.2. The van der Waals surface area contributed by atoms with Gasteiger partial charge in [-0.15, -0.1) is 0 Å². The molecule has 0 spiro atoms. The average Bonchev–Trinajstić information content (AvgIpc) is 2.90. The summed E-state index contributed by atoms with van der Waals surface area (Å²) in [6.45, 7) is 5.96. The highest BCUT2D eigenvalue weighted by Crippen LogP contribution is 2.24. The van der Waals surface area contributed by atoms with Gasteiger partial charge in [0.15, 0.2) is 6.35 Å². The molecule has 1 atom stereocenters.